The number of anilines is 1. The van der Waals surface area contributed by atoms with E-state index in [1.54, 1.807) is 0 Å². The molecule has 6 nitrogen and oxygen atoms in total. The zero-order chi connectivity index (χ0) is 18.4. The van der Waals surface area contributed by atoms with Gasteiger partial charge >= 0.3 is 0 Å². The number of nitrogens with zero attached hydrogens (tertiary/aromatic N) is 6. The predicted molar refractivity (Wildman–Crippen MR) is 102 cm³/mol. The summed E-state index contributed by atoms with van der Waals surface area (Å²) in [5, 5.41) is 27.7. The molecule has 3 rings (SSSR count). The lowest BCUT2D eigenvalue weighted by atomic mass is 10.1. The molecule has 0 saturated carbocycles. The van der Waals surface area contributed by atoms with E-state index in [-0.39, 0.29) is 5.92 Å². The number of rotatable bonds is 7. The maximum atomic E-state index is 9.30. The standard InChI is InChI=1S/C19H22N6S/c1-15-6-8-17(9-7-15)25-18(24-11-2-3-12-24)22-23-19(25)26-14-16(13-21)5-4-10-20/h6-9,16H,2-5,11-12,14H2,1H3. The van der Waals surface area contributed by atoms with E-state index in [2.05, 4.69) is 63.0 Å². The highest BCUT2D eigenvalue weighted by molar-refractivity contribution is 7.99. The molecule has 26 heavy (non-hydrogen) atoms. The molecule has 1 atom stereocenters. The van der Waals surface area contributed by atoms with Gasteiger partial charge < -0.3 is 4.90 Å². The Bertz CT molecular complexity index is 808. The van der Waals surface area contributed by atoms with Gasteiger partial charge in [0.25, 0.3) is 0 Å². The van der Waals surface area contributed by atoms with Crippen LogP contribution in [0.2, 0.25) is 0 Å². The number of aromatic nitrogens is 3. The molecule has 0 aliphatic carbocycles. The average molecular weight is 366 g/mol. The van der Waals surface area contributed by atoms with Gasteiger partial charge in [-0.15, -0.1) is 10.2 Å². The summed E-state index contributed by atoms with van der Waals surface area (Å²) in [5.74, 6) is 1.33. The zero-order valence-electron chi connectivity index (χ0n) is 14.9. The number of benzene rings is 1. The molecule has 1 saturated heterocycles. The Labute approximate surface area is 158 Å². The largest absolute Gasteiger partial charge is 0.341 e. The molecule has 1 aliphatic rings. The van der Waals surface area contributed by atoms with Crippen LogP contribution in [0, 0.1) is 35.5 Å². The minimum absolute atomic E-state index is 0.155. The number of aryl methyl sites for hydroxylation is 1. The van der Waals surface area contributed by atoms with E-state index in [0.29, 0.717) is 18.6 Å². The van der Waals surface area contributed by atoms with Gasteiger partial charge in [-0.1, -0.05) is 29.5 Å². The van der Waals surface area contributed by atoms with Gasteiger partial charge in [-0.2, -0.15) is 10.5 Å². The van der Waals surface area contributed by atoms with Crippen molar-refractivity contribution in [2.24, 2.45) is 5.92 Å². The Kier molecular flexibility index (Phi) is 6.14. The number of hydrogen-bond acceptors (Lipinski definition) is 6. The summed E-state index contributed by atoms with van der Waals surface area (Å²) in [6.07, 6.45) is 3.35. The van der Waals surface area contributed by atoms with Crippen molar-refractivity contribution in [1.82, 2.24) is 14.8 Å². The van der Waals surface area contributed by atoms with Crippen LogP contribution in [0.4, 0.5) is 5.95 Å². The normalized spacial score (nSPS) is 14.8. The van der Waals surface area contributed by atoms with Gasteiger partial charge in [-0.3, -0.25) is 4.57 Å². The minimum atomic E-state index is -0.155. The first-order chi connectivity index (χ1) is 12.7. The minimum Gasteiger partial charge on any atom is -0.341 e. The second kappa shape index (κ2) is 8.73. The van der Waals surface area contributed by atoms with Crippen molar-refractivity contribution in [2.75, 3.05) is 23.7 Å². The summed E-state index contributed by atoms with van der Waals surface area (Å²) >= 11 is 1.54. The fraction of sp³-hybridized carbons (Fsp3) is 0.474. The lowest BCUT2D eigenvalue weighted by molar-refractivity contribution is 0.683. The molecule has 0 N–H and O–H groups in total. The third-order valence-corrected chi connectivity index (χ3v) is 5.59. The molecular formula is C19H22N6S. The maximum absolute atomic E-state index is 9.30. The highest BCUT2D eigenvalue weighted by Crippen LogP contribution is 2.30. The van der Waals surface area contributed by atoms with Crippen LogP contribution >= 0.6 is 11.8 Å². The highest BCUT2D eigenvalue weighted by Gasteiger charge is 2.23. The molecule has 1 aromatic heterocycles. The van der Waals surface area contributed by atoms with Crippen LogP contribution < -0.4 is 4.90 Å². The van der Waals surface area contributed by atoms with E-state index in [1.807, 2.05) is 0 Å². The van der Waals surface area contributed by atoms with Crippen molar-refractivity contribution in [3.8, 4) is 17.8 Å². The van der Waals surface area contributed by atoms with Crippen LogP contribution in [0.3, 0.4) is 0 Å². The Hall–Kier alpha value is -2.51. The summed E-state index contributed by atoms with van der Waals surface area (Å²) in [5.41, 5.74) is 2.25. The third kappa shape index (κ3) is 4.17. The predicted octanol–water partition coefficient (Wildman–Crippen LogP) is 3.71. The van der Waals surface area contributed by atoms with Gasteiger partial charge in [0.1, 0.15) is 0 Å². The van der Waals surface area contributed by atoms with Crippen molar-refractivity contribution >= 4 is 17.7 Å². The Balaban J connectivity index is 1.86. The van der Waals surface area contributed by atoms with Crippen molar-refractivity contribution in [2.45, 2.75) is 37.8 Å². The molecule has 2 aromatic rings. The van der Waals surface area contributed by atoms with Gasteiger partial charge in [0.15, 0.2) is 5.16 Å². The molecule has 1 aliphatic heterocycles. The molecule has 0 bridgehead atoms. The van der Waals surface area contributed by atoms with Crippen LogP contribution in [0.25, 0.3) is 5.69 Å². The topological polar surface area (TPSA) is 81.5 Å². The first kappa shape index (κ1) is 18.3. The molecule has 0 radical (unpaired) electrons. The Morgan fingerprint density at radius 3 is 2.54 bits per heavy atom. The summed E-state index contributed by atoms with van der Waals surface area (Å²) in [7, 11) is 0. The van der Waals surface area contributed by atoms with Crippen molar-refractivity contribution in [3.63, 3.8) is 0 Å². The van der Waals surface area contributed by atoms with E-state index in [1.165, 1.54) is 30.2 Å². The summed E-state index contributed by atoms with van der Waals surface area (Å²) < 4.78 is 2.09. The zero-order valence-corrected chi connectivity index (χ0v) is 15.7. The number of hydrogen-bond donors (Lipinski definition) is 0. The SMILES string of the molecule is Cc1ccc(-n2c(SCC(C#N)CCC#N)nnc2N2CCCC2)cc1. The molecule has 7 heteroatoms. The third-order valence-electron chi connectivity index (χ3n) is 4.50. The number of nitriles is 2. The molecule has 1 aromatic carbocycles. The van der Waals surface area contributed by atoms with E-state index >= 15 is 0 Å². The van der Waals surface area contributed by atoms with Crippen LogP contribution in [0.5, 0.6) is 0 Å². The molecule has 0 amide bonds. The van der Waals surface area contributed by atoms with Gasteiger partial charge in [0, 0.05) is 25.3 Å². The van der Waals surface area contributed by atoms with E-state index in [0.717, 1.165) is 29.9 Å². The first-order valence-corrected chi connectivity index (χ1v) is 9.88. The van der Waals surface area contributed by atoms with E-state index < -0.39 is 0 Å². The smallest absolute Gasteiger partial charge is 0.232 e. The van der Waals surface area contributed by atoms with Crippen LogP contribution in [0.15, 0.2) is 29.4 Å². The second-order valence-electron chi connectivity index (χ2n) is 6.48. The summed E-state index contributed by atoms with van der Waals surface area (Å²) in [6, 6.07) is 12.7. The van der Waals surface area contributed by atoms with Crippen molar-refractivity contribution in [1.29, 1.82) is 10.5 Å². The summed E-state index contributed by atoms with van der Waals surface area (Å²) in [6.45, 7) is 4.06. The van der Waals surface area contributed by atoms with Gasteiger partial charge in [0.2, 0.25) is 5.95 Å². The van der Waals surface area contributed by atoms with Crippen LogP contribution in [-0.4, -0.2) is 33.6 Å². The second-order valence-corrected chi connectivity index (χ2v) is 7.47. The maximum Gasteiger partial charge on any atom is 0.232 e. The molecule has 134 valence electrons. The van der Waals surface area contributed by atoms with E-state index in [9.17, 15) is 5.26 Å². The van der Waals surface area contributed by atoms with E-state index in [4.69, 9.17) is 5.26 Å². The lowest BCUT2D eigenvalue weighted by Crippen LogP contribution is -2.22. The fourth-order valence-electron chi connectivity index (χ4n) is 3.00. The van der Waals surface area contributed by atoms with Crippen molar-refractivity contribution in [3.05, 3.63) is 29.8 Å². The lowest BCUT2D eigenvalue weighted by Gasteiger charge is -2.18. The monoisotopic (exact) mass is 366 g/mol. The molecule has 1 unspecified atom stereocenters. The van der Waals surface area contributed by atoms with Gasteiger partial charge in [-0.25, -0.2) is 0 Å². The molecule has 2 heterocycles. The quantitative estimate of drug-likeness (QED) is 0.695. The average Bonchev–Trinajstić information content (AvgIpc) is 3.32. The molecule has 1 fully saturated rings. The Morgan fingerprint density at radius 1 is 1.15 bits per heavy atom. The van der Waals surface area contributed by atoms with Crippen LogP contribution in [0.1, 0.15) is 31.2 Å². The molecule has 0 spiro atoms. The van der Waals surface area contributed by atoms with Gasteiger partial charge in [0.05, 0.1) is 23.7 Å². The molecular weight excluding hydrogens is 344 g/mol. The van der Waals surface area contributed by atoms with Gasteiger partial charge in [-0.05, 0) is 38.3 Å². The fourth-order valence-corrected chi connectivity index (χ4v) is 4.00. The summed E-state index contributed by atoms with van der Waals surface area (Å²) in [4.78, 5) is 2.27. The van der Waals surface area contributed by atoms with Crippen molar-refractivity contribution < 1.29 is 0 Å². The number of thioether (sulfide) groups is 1. The Morgan fingerprint density at radius 2 is 1.88 bits per heavy atom. The van der Waals surface area contributed by atoms with Crippen LogP contribution in [-0.2, 0) is 0 Å². The first-order valence-electron chi connectivity index (χ1n) is 8.89. The highest BCUT2D eigenvalue weighted by atomic mass is 32.2.